The Labute approximate surface area is 152 Å². The second-order valence-electron chi connectivity index (χ2n) is 6.40. The highest BCUT2D eigenvalue weighted by Gasteiger charge is 2.49. The molecule has 3 atom stereocenters. The molecule has 0 aromatic heterocycles. The van der Waals surface area contributed by atoms with Crippen LogP contribution < -0.4 is 10.6 Å². The highest BCUT2D eigenvalue weighted by atomic mass is 32.3. The highest BCUT2D eigenvalue weighted by molar-refractivity contribution is 7.82. The van der Waals surface area contributed by atoms with E-state index in [-0.39, 0.29) is 6.16 Å². The van der Waals surface area contributed by atoms with Crippen LogP contribution in [0.5, 0.6) is 0 Å². The second-order valence-corrected chi connectivity index (χ2v) is 10.5. The first-order valence-corrected chi connectivity index (χ1v) is 11.6. The Kier molecular flexibility index (Phi) is 4.75. The zero-order chi connectivity index (χ0) is 18.2. The van der Waals surface area contributed by atoms with E-state index >= 15 is 0 Å². The van der Waals surface area contributed by atoms with Crippen LogP contribution in [0.1, 0.15) is 6.42 Å². The summed E-state index contributed by atoms with van der Waals surface area (Å²) in [5, 5.41) is 1.41. The average molecular weight is 394 g/mol. The number of fused-ring (bicyclic) bond motifs is 1. The molecular weight excluding hydrogens is 375 g/mol. The third-order valence-corrected chi connectivity index (χ3v) is 8.80. The van der Waals surface area contributed by atoms with Crippen LogP contribution in [-0.2, 0) is 28.1 Å². The van der Waals surface area contributed by atoms with Gasteiger partial charge < -0.3 is 9.30 Å². The number of ether oxygens (including phenoxy) is 1. The Hall–Kier alpha value is -1.50. The van der Waals surface area contributed by atoms with Gasteiger partial charge in [-0.15, -0.1) is 0 Å². The van der Waals surface area contributed by atoms with Crippen LogP contribution >= 0.6 is 7.14 Å². The summed E-state index contributed by atoms with van der Waals surface area (Å²) < 4.78 is 53.3. The van der Waals surface area contributed by atoms with E-state index in [1.807, 2.05) is 60.7 Å². The van der Waals surface area contributed by atoms with Crippen molar-refractivity contribution in [3.8, 4) is 0 Å². The van der Waals surface area contributed by atoms with E-state index in [9.17, 15) is 13.0 Å². The van der Waals surface area contributed by atoms with E-state index in [0.29, 0.717) is 23.6 Å². The molecule has 2 aromatic rings. The summed E-state index contributed by atoms with van der Waals surface area (Å²) in [5.41, 5.74) is 0. The van der Waals surface area contributed by atoms with E-state index in [1.165, 1.54) is 0 Å². The predicted molar refractivity (Wildman–Crippen MR) is 97.6 cm³/mol. The van der Waals surface area contributed by atoms with Gasteiger partial charge >= 0.3 is 10.4 Å². The molecule has 2 aliphatic heterocycles. The van der Waals surface area contributed by atoms with Gasteiger partial charge in [0.2, 0.25) is 0 Å². The Morgan fingerprint density at radius 1 is 0.923 bits per heavy atom. The maximum Gasteiger partial charge on any atom is 0.400 e. The summed E-state index contributed by atoms with van der Waals surface area (Å²) in [5.74, 6) is 0. The first-order chi connectivity index (χ1) is 12.5. The minimum Gasteiger partial charge on any atom is -0.375 e. The van der Waals surface area contributed by atoms with Crippen LogP contribution in [0.25, 0.3) is 0 Å². The molecule has 2 heterocycles. The van der Waals surface area contributed by atoms with Crippen molar-refractivity contribution < 1.29 is 26.1 Å². The fourth-order valence-electron chi connectivity index (χ4n) is 3.48. The highest BCUT2D eigenvalue weighted by Crippen LogP contribution is 2.46. The van der Waals surface area contributed by atoms with Gasteiger partial charge in [0.15, 0.2) is 0 Å². The molecule has 26 heavy (non-hydrogen) atoms. The maximum atomic E-state index is 14.1. The van der Waals surface area contributed by atoms with Crippen LogP contribution in [0.2, 0.25) is 0 Å². The lowest BCUT2D eigenvalue weighted by molar-refractivity contribution is -0.0709. The van der Waals surface area contributed by atoms with Crippen molar-refractivity contribution >= 4 is 28.1 Å². The molecule has 0 unspecified atom stereocenters. The third-order valence-electron chi connectivity index (χ3n) is 4.72. The van der Waals surface area contributed by atoms with Gasteiger partial charge in [0.1, 0.15) is 19.3 Å². The molecule has 0 bridgehead atoms. The normalized spacial score (nSPS) is 27.8. The summed E-state index contributed by atoms with van der Waals surface area (Å²) in [7, 11) is -7.06. The van der Waals surface area contributed by atoms with Gasteiger partial charge in [0.25, 0.3) is 0 Å². The third kappa shape index (κ3) is 3.38. The van der Waals surface area contributed by atoms with Crippen molar-refractivity contribution in [1.29, 1.82) is 0 Å². The Morgan fingerprint density at radius 3 is 2.08 bits per heavy atom. The Bertz CT molecular complexity index is 872. The smallest absolute Gasteiger partial charge is 0.375 e. The Morgan fingerprint density at radius 2 is 1.50 bits per heavy atom. The molecule has 8 heteroatoms. The van der Waals surface area contributed by atoms with Gasteiger partial charge in [-0.2, -0.15) is 8.42 Å². The van der Waals surface area contributed by atoms with Crippen LogP contribution in [0.4, 0.5) is 0 Å². The molecule has 0 N–H and O–H groups in total. The first-order valence-electron chi connectivity index (χ1n) is 8.41. The fourth-order valence-corrected chi connectivity index (χ4v) is 7.40. The summed E-state index contributed by atoms with van der Waals surface area (Å²) in [6.45, 7) is 0.342. The molecule has 6 nitrogen and oxygen atoms in total. The predicted octanol–water partition coefficient (Wildman–Crippen LogP) is 1.82. The van der Waals surface area contributed by atoms with Crippen LogP contribution in [-0.4, -0.2) is 39.5 Å². The second kappa shape index (κ2) is 6.91. The van der Waals surface area contributed by atoms with Gasteiger partial charge in [-0.1, -0.05) is 60.7 Å². The van der Waals surface area contributed by atoms with Gasteiger partial charge in [-0.25, -0.2) is 8.37 Å². The van der Waals surface area contributed by atoms with Crippen LogP contribution in [0, 0.1) is 0 Å². The number of hydrogen-bond donors (Lipinski definition) is 0. The molecule has 2 aliphatic rings. The summed E-state index contributed by atoms with van der Waals surface area (Å²) in [4.78, 5) is 0. The van der Waals surface area contributed by atoms with Crippen molar-refractivity contribution in [2.75, 3.05) is 12.8 Å². The lowest BCUT2D eigenvalue weighted by Gasteiger charge is -2.33. The van der Waals surface area contributed by atoms with Crippen molar-refractivity contribution in [2.24, 2.45) is 0 Å². The first kappa shape index (κ1) is 17.9. The molecule has 0 aliphatic carbocycles. The van der Waals surface area contributed by atoms with E-state index in [4.69, 9.17) is 13.1 Å². The van der Waals surface area contributed by atoms with Crippen LogP contribution in [0.3, 0.4) is 0 Å². The molecule has 2 fully saturated rings. The molecule has 0 spiro atoms. The van der Waals surface area contributed by atoms with Gasteiger partial charge in [-0.3, -0.25) is 0 Å². The minimum absolute atomic E-state index is 0.154. The summed E-state index contributed by atoms with van der Waals surface area (Å²) in [6.07, 6.45) is -1.40. The van der Waals surface area contributed by atoms with Gasteiger partial charge in [-0.05, 0) is 0 Å². The van der Waals surface area contributed by atoms with Crippen molar-refractivity contribution in [3.05, 3.63) is 60.7 Å². The number of benzene rings is 2. The topological polar surface area (TPSA) is 78.9 Å². The maximum absolute atomic E-state index is 14.1. The quantitative estimate of drug-likeness (QED) is 0.736. The van der Waals surface area contributed by atoms with E-state index < -0.39 is 35.9 Å². The standard InChI is InChI=1S/C18H19O6PS/c19-25(14-7-3-1-4-8-14,15-9-5-2-6-10-15)13-17-18-16(11-12-22-17)23-26(20,21)24-18/h1-10,16-18H,11-13H2/t16-,17+,18-/m1/s1. The number of rotatable bonds is 4. The van der Waals surface area contributed by atoms with E-state index in [0.717, 1.165) is 0 Å². The lowest BCUT2D eigenvalue weighted by Crippen LogP contribution is -2.45. The summed E-state index contributed by atoms with van der Waals surface area (Å²) >= 11 is 0. The molecule has 2 aromatic carbocycles. The minimum atomic E-state index is -4.02. The summed E-state index contributed by atoms with van der Waals surface area (Å²) in [6, 6.07) is 18.4. The zero-order valence-electron chi connectivity index (χ0n) is 13.9. The molecule has 0 saturated carbocycles. The largest absolute Gasteiger partial charge is 0.400 e. The van der Waals surface area contributed by atoms with E-state index in [1.54, 1.807) is 0 Å². The van der Waals surface area contributed by atoms with Crippen molar-refractivity contribution in [2.45, 2.75) is 24.7 Å². The molecule has 0 radical (unpaired) electrons. The fraction of sp³-hybridized carbons (Fsp3) is 0.333. The zero-order valence-corrected chi connectivity index (χ0v) is 15.6. The van der Waals surface area contributed by atoms with Crippen LogP contribution in [0.15, 0.2) is 60.7 Å². The molecule has 138 valence electrons. The SMILES string of the molecule is O=P(C[C@@H]1OCC[C@H]2OS(=O)(=O)O[C@@H]12)(c1ccccc1)c1ccccc1. The van der Waals surface area contributed by atoms with Crippen molar-refractivity contribution in [3.63, 3.8) is 0 Å². The number of hydrogen-bond acceptors (Lipinski definition) is 6. The lowest BCUT2D eigenvalue weighted by atomic mass is 10.0. The van der Waals surface area contributed by atoms with Gasteiger partial charge in [0.05, 0.1) is 6.10 Å². The molecule has 4 rings (SSSR count). The molecule has 2 saturated heterocycles. The van der Waals surface area contributed by atoms with Gasteiger partial charge in [0, 0.05) is 29.8 Å². The Balaban J connectivity index is 1.71. The monoisotopic (exact) mass is 394 g/mol. The molecule has 0 amide bonds. The van der Waals surface area contributed by atoms with Crippen molar-refractivity contribution in [1.82, 2.24) is 0 Å². The molecular formula is C18H19O6PS. The van der Waals surface area contributed by atoms with E-state index in [2.05, 4.69) is 0 Å². The average Bonchev–Trinajstić information content (AvgIpc) is 2.98.